The van der Waals surface area contributed by atoms with Crippen molar-refractivity contribution >= 4 is 52.3 Å². The number of aliphatic imine (C=N–C) groups is 1. The van der Waals surface area contributed by atoms with Crippen molar-refractivity contribution in [1.82, 2.24) is 5.43 Å². The largest absolute Gasteiger partial charge is 0.256 e. The van der Waals surface area contributed by atoms with E-state index in [9.17, 15) is 0 Å². The molecule has 0 amide bonds. The van der Waals surface area contributed by atoms with Crippen LogP contribution >= 0.6 is 35.7 Å². The van der Waals surface area contributed by atoms with Crippen LogP contribution in [0.3, 0.4) is 0 Å². The van der Waals surface area contributed by atoms with Gasteiger partial charge in [0.1, 0.15) is 0 Å². The van der Waals surface area contributed by atoms with Gasteiger partial charge in [-0.05, 0) is 30.9 Å². The Balaban J connectivity index is 0.00000220. The molecule has 21 heavy (non-hydrogen) atoms. The lowest BCUT2D eigenvalue weighted by molar-refractivity contribution is 1.04. The normalized spacial score (nSPS) is 11.7. The molecule has 0 aromatic heterocycles. The van der Waals surface area contributed by atoms with E-state index in [4.69, 9.17) is 0 Å². The first-order valence-corrected chi connectivity index (χ1v) is 7.55. The summed E-state index contributed by atoms with van der Waals surface area (Å²) in [5.74, 6) is 0. The summed E-state index contributed by atoms with van der Waals surface area (Å²) in [4.78, 5) is 4.50. The van der Waals surface area contributed by atoms with Crippen LogP contribution in [0.5, 0.6) is 0 Å². The van der Waals surface area contributed by atoms with Crippen LogP contribution in [0.4, 0.5) is 5.69 Å². The maximum absolute atomic E-state index is 4.50. The highest BCUT2D eigenvalue weighted by Crippen LogP contribution is 2.12. The fourth-order valence-corrected chi connectivity index (χ4v) is 1.95. The molecule has 0 bridgehead atoms. The smallest absolute Gasteiger partial charge is 0.182 e. The second kappa shape index (κ2) is 9.57. The summed E-state index contributed by atoms with van der Waals surface area (Å²) in [5, 5.41) is 5.15. The molecule has 0 saturated carbocycles. The minimum Gasteiger partial charge on any atom is -0.256 e. The van der Waals surface area contributed by atoms with E-state index >= 15 is 0 Å². The predicted molar refractivity (Wildman–Crippen MR) is 104 cm³/mol. The summed E-state index contributed by atoms with van der Waals surface area (Å²) in [6.07, 6.45) is 1.97. The van der Waals surface area contributed by atoms with Crippen molar-refractivity contribution in [3.8, 4) is 0 Å². The fourth-order valence-electron chi connectivity index (χ4n) is 1.61. The summed E-state index contributed by atoms with van der Waals surface area (Å²) in [6, 6.07) is 19.9. The number of benzene rings is 2. The number of hydrogen-bond donors (Lipinski definition) is 1. The highest BCUT2D eigenvalue weighted by molar-refractivity contribution is 14.0. The molecule has 5 heteroatoms. The quantitative estimate of drug-likeness (QED) is 0.345. The van der Waals surface area contributed by atoms with Gasteiger partial charge in [-0.3, -0.25) is 5.43 Å². The van der Waals surface area contributed by atoms with Crippen LogP contribution in [0.25, 0.3) is 0 Å². The van der Waals surface area contributed by atoms with Crippen LogP contribution in [0.1, 0.15) is 12.5 Å². The molecule has 110 valence electrons. The van der Waals surface area contributed by atoms with E-state index in [1.54, 1.807) is 0 Å². The molecule has 3 nitrogen and oxygen atoms in total. The number of thioether (sulfide) groups is 1. The average Bonchev–Trinajstić information content (AvgIpc) is 2.53. The topological polar surface area (TPSA) is 36.8 Å². The molecular weight excluding hydrogens is 393 g/mol. The zero-order chi connectivity index (χ0) is 14.2. The zero-order valence-corrected chi connectivity index (χ0v) is 15.1. The van der Waals surface area contributed by atoms with Crippen molar-refractivity contribution in [3.05, 3.63) is 66.2 Å². The van der Waals surface area contributed by atoms with Gasteiger partial charge in [-0.15, -0.1) is 24.0 Å². The van der Waals surface area contributed by atoms with E-state index in [0.29, 0.717) is 0 Å². The number of rotatable bonds is 3. The summed E-state index contributed by atoms with van der Waals surface area (Å²) in [5.41, 5.74) is 5.96. The molecule has 0 aliphatic carbocycles. The number of nitrogens with one attached hydrogen (secondary N) is 1. The standard InChI is InChI=1S/C16H17N3S.HI/c1-13(14-9-5-3-6-10-14)18-19-16(20-2)17-15-11-7-4-8-12-15;/h3-12H,1-2H3,(H,17,19);1H/b18-13-;. The van der Waals surface area contributed by atoms with E-state index in [1.165, 1.54) is 11.8 Å². The van der Waals surface area contributed by atoms with Crippen LogP contribution in [-0.4, -0.2) is 17.1 Å². The van der Waals surface area contributed by atoms with Gasteiger partial charge in [0, 0.05) is 0 Å². The number of halogens is 1. The lowest BCUT2D eigenvalue weighted by atomic mass is 10.1. The molecule has 0 aliphatic heterocycles. The van der Waals surface area contributed by atoms with E-state index in [-0.39, 0.29) is 24.0 Å². The number of amidine groups is 1. The molecule has 0 unspecified atom stereocenters. The molecule has 0 fully saturated rings. The first-order chi connectivity index (χ1) is 9.79. The number of hydrogen-bond acceptors (Lipinski definition) is 3. The number of hydrazone groups is 1. The Hall–Kier alpha value is -1.34. The molecule has 0 heterocycles. The predicted octanol–water partition coefficient (Wildman–Crippen LogP) is 4.67. The Morgan fingerprint density at radius 1 is 0.952 bits per heavy atom. The summed E-state index contributed by atoms with van der Waals surface area (Å²) >= 11 is 1.53. The Bertz CT molecular complexity index is 597. The van der Waals surface area contributed by atoms with Crippen LogP contribution in [-0.2, 0) is 0 Å². The van der Waals surface area contributed by atoms with Gasteiger partial charge >= 0.3 is 0 Å². The van der Waals surface area contributed by atoms with E-state index < -0.39 is 0 Å². The molecule has 0 spiro atoms. The molecule has 0 aliphatic rings. The molecular formula is C16H18IN3S. The fraction of sp³-hybridized carbons (Fsp3) is 0.125. The van der Waals surface area contributed by atoms with Gasteiger partial charge in [0.2, 0.25) is 0 Å². The van der Waals surface area contributed by atoms with Gasteiger partial charge < -0.3 is 0 Å². The van der Waals surface area contributed by atoms with Crippen molar-refractivity contribution in [1.29, 1.82) is 0 Å². The second-order valence-corrected chi connectivity index (χ2v) is 4.93. The molecule has 2 rings (SSSR count). The summed E-state index contributed by atoms with van der Waals surface area (Å²) in [6.45, 7) is 1.97. The summed E-state index contributed by atoms with van der Waals surface area (Å²) in [7, 11) is 0. The highest BCUT2D eigenvalue weighted by Gasteiger charge is 1.98. The Labute approximate surface area is 147 Å². The molecule has 0 saturated heterocycles. The molecule has 1 N–H and O–H groups in total. The lowest BCUT2D eigenvalue weighted by Crippen LogP contribution is -2.15. The highest BCUT2D eigenvalue weighted by atomic mass is 127. The molecule has 0 atom stereocenters. The maximum Gasteiger partial charge on any atom is 0.182 e. The van der Waals surface area contributed by atoms with Crippen molar-refractivity contribution in [2.24, 2.45) is 10.1 Å². The third kappa shape index (κ3) is 5.89. The van der Waals surface area contributed by atoms with Gasteiger partial charge in [-0.2, -0.15) is 5.10 Å². The van der Waals surface area contributed by atoms with Crippen molar-refractivity contribution in [2.75, 3.05) is 6.26 Å². The van der Waals surface area contributed by atoms with Crippen molar-refractivity contribution in [3.63, 3.8) is 0 Å². The first-order valence-electron chi connectivity index (χ1n) is 6.33. The molecule has 0 radical (unpaired) electrons. The van der Waals surface area contributed by atoms with Gasteiger partial charge in [-0.25, -0.2) is 4.99 Å². The Kier molecular flexibility index (Phi) is 8.07. The van der Waals surface area contributed by atoms with Gasteiger partial charge in [0.25, 0.3) is 0 Å². The van der Waals surface area contributed by atoms with Crippen LogP contribution < -0.4 is 5.43 Å². The Morgan fingerprint density at radius 2 is 1.52 bits per heavy atom. The van der Waals surface area contributed by atoms with Crippen LogP contribution in [0, 0.1) is 0 Å². The molecule has 2 aromatic rings. The number of nitrogens with zero attached hydrogens (tertiary/aromatic N) is 2. The van der Waals surface area contributed by atoms with Crippen LogP contribution in [0.2, 0.25) is 0 Å². The van der Waals surface area contributed by atoms with E-state index in [2.05, 4.69) is 15.5 Å². The van der Waals surface area contributed by atoms with Gasteiger partial charge in [0.05, 0.1) is 11.4 Å². The van der Waals surface area contributed by atoms with Gasteiger partial charge in [-0.1, -0.05) is 60.3 Å². The van der Waals surface area contributed by atoms with E-state index in [0.717, 1.165) is 22.1 Å². The van der Waals surface area contributed by atoms with E-state index in [1.807, 2.05) is 73.8 Å². The van der Waals surface area contributed by atoms with Crippen molar-refractivity contribution < 1.29 is 0 Å². The maximum atomic E-state index is 4.50. The molecule has 2 aromatic carbocycles. The minimum absolute atomic E-state index is 0. The second-order valence-electron chi connectivity index (χ2n) is 4.13. The SMILES string of the molecule is CSC(=Nc1ccccc1)N/N=C(/C)c1ccccc1.I. The Morgan fingerprint density at radius 3 is 2.10 bits per heavy atom. The summed E-state index contributed by atoms with van der Waals surface area (Å²) < 4.78 is 0. The third-order valence-corrected chi connectivity index (χ3v) is 3.26. The zero-order valence-electron chi connectivity index (χ0n) is 12.0. The lowest BCUT2D eigenvalue weighted by Gasteiger charge is -2.04. The van der Waals surface area contributed by atoms with Gasteiger partial charge in [0.15, 0.2) is 5.17 Å². The number of para-hydroxylation sites is 1. The van der Waals surface area contributed by atoms with Crippen molar-refractivity contribution in [2.45, 2.75) is 6.92 Å². The minimum atomic E-state index is 0. The van der Waals surface area contributed by atoms with Crippen LogP contribution in [0.15, 0.2) is 70.8 Å². The first kappa shape index (κ1) is 17.7. The average molecular weight is 411 g/mol. The monoisotopic (exact) mass is 411 g/mol. The third-order valence-electron chi connectivity index (χ3n) is 2.69.